The van der Waals surface area contributed by atoms with E-state index in [0.717, 1.165) is 42.4 Å². The van der Waals surface area contributed by atoms with E-state index in [1.165, 1.54) is 17.3 Å². The Morgan fingerprint density at radius 3 is 2.70 bits per heavy atom. The highest BCUT2D eigenvalue weighted by Crippen LogP contribution is 2.25. The molecule has 1 aromatic heterocycles. The van der Waals surface area contributed by atoms with Crippen molar-refractivity contribution in [2.24, 2.45) is 0 Å². The molecule has 20 heavy (non-hydrogen) atoms. The fraction of sp³-hybridized carbons (Fsp3) is 0.714. The Balaban J connectivity index is 2.06. The normalized spacial score (nSPS) is 18.9. The first kappa shape index (κ1) is 15.8. The molecular formula is C14H24N4S2. The Bertz CT molecular complexity index is 433. The lowest BCUT2D eigenvalue weighted by molar-refractivity contribution is 0.830. The third-order valence-electron chi connectivity index (χ3n) is 3.28. The molecule has 1 aromatic rings. The molecule has 0 bridgehead atoms. The van der Waals surface area contributed by atoms with Crippen molar-refractivity contribution in [3.05, 3.63) is 11.4 Å². The third kappa shape index (κ3) is 4.19. The summed E-state index contributed by atoms with van der Waals surface area (Å²) in [6.45, 7) is 5.22. The molecule has 1 aliphatic rings. The van der Waals surface area contributed by atoms with Crippen LogP contribution in [-0.4, -0.2) is 46.1 Å². The van der Waals surface area contributed by atoms with Crippen molar-refractivity contribution in [2.75, 3.05) is 41.5 Å². The molecule has 2 N–H and O–H groups in total. The number of hydrogen-bond acceptors (Lipinski definition) is 6. The molecule has 1 atom stereocenters. The average molecular weight is 313 g/mol. The van der Waals surface area contributed by atoms with Crippen LogP contribution in [0.1, 0.15) is 24.7 Å². The van der Waals surface area contributed by atoms with Gasteiger partial charge in [0.05, 0.1) is 0 Å². The maximum absolute atomic E-state index is 4.68. The zero-order valence-corrected chi connectivity index (χ0v) is 14.2. The van der Waals surface area contributed by atoms with E-state index >= 15 is 0 Å². The van der Waals surface area contributed by atoms with E-state index in [4.69, 9.17) is 0 Å². The number of rotatable bonds is 6. The van der Waals surface area contributed by atoms with Gasteiger partial charge in [-0.15, -0.1) is 0 Å². The van der Waals surface area contributed by atoms with Crippen molar-refractivity contribution in [3.8, 4) is 0 Å². The van der Waals surface area contributed by atoms with Crippen LogP contribution in [0.5, 0.6) is 0 Å². The maximum Gasteiger partial charge on any atom is 0.134 e. The topological polar surface area (TPSA) is 49.8 Å². The van der Waals surface area contributed by atoms with Crippen LogP contribution in [0.15, 0.2) is 0 Å². The first-order chi connectivity index (χ1) is 9.74. The molecule has 0 amide bonds. The first-order valence-corrected chi connectivity index (χ1v) is 9.43. The van der Waals surface area contributed by atoms with Gasteiger partial charge in [0.15, 0.2) is 0 Å². The first-order valence-electron chi connectivity index (χ1n) is 7.23. The molecule has 1 saturated heterocycles. The van der Waals surface area contributed by atoms with Gasteiger partial charge in [0, 0.05) is 48.1 Å². The van der Waals surface area contributed by atoms with Gasteiger partial charge in [-0.2, -0.15) is 23.5 Å². The molecule has 0 aliphatic carbocycles. The predicted octanol–water partition coefficient (Wildman–Crippen LogP) is 3.04. The number of thioether (sulfide) groups is 2. The van der Waals surface area contributed by atoms with E-state index < -0.39 is 0 Å². The molecule has 1 fully saturated rings. The van der Waals surface area contributed by atoms with Gasteiger partial charge in [0.25, 0.3) is 0 Å². The van der Waals surface area contributed by atoms with Crippen LogP contribution in [-0.2, 0) is 6.42 Å². The van der Waals surface area contributed by atoms with Crippen molar-refractivity contribution in [3.63, 3.8) is 0 Å². The van der Waals surface area contributed by atoms with Crippen molar-refractivity contribution in [1.82, 2.24) is 9.97 Å². The van der Waals surface area contributed by atoms with Crippen LogP contribution in [0.25, 0.3) is 0 Å². The maximum atomic E-state index is 4.68. The fourth-order valence-corrected chi connectivity index (χ4v) is 4.79. The number of nitrogens with one attached hydrogen (secondary N) is 2. The summed E-state index contributed by atoms with van der Waals surface area (Å²) in [5, 5.41) is 7.39. The summed E-state index contributed by atoms with van der Waals surface area (Å²) in [5.41, 5.74) is 1.11. The molecule has 4 nitrogen and oxygen atoms in total. The van der Waals surface area contributed by atoms with Gasteiger partial charge >= 0.3 is 0 Å². The summed E-state index contributed by atoms with van der Waals surface area (Å²) in [7, 11) is 1.92. The second-order valence-electron chi connectivity index (χ2n) is 4.91. The molecule has 2 rings (SSSR count). The monoisotopic (exact) mass is 312 g/mol. The molecule has 1 unspecified atom stereocenters. The van der Waals surface area contributed by atoms with Crippen LogP contribution in [0.3, 0.4) is 0 Å². The van der Waals surface area contributed by atoms with E-state index in [-0.39, 0.29) is 0 Å². The number of nitrogens with zero attached hydrogens (tertiary/aromatic N) is 2. The Kier molecular flexibility index (Phi) is 6.29. The van der Waals surface area contributed by atoms with Gasteiger partial charge in [-0.25, -0.2) is 9.97 Å². The average Bonchev–Trinajstić information content (AvgIpc) is 2.48. The summed E-state index contributed by atoms with van der Waals surface area (Å²) in [4.78, 5) is 9.24. The van der Waals surface area contributed by atoms with Gasteiger partial charge in [-0.1, -0.05) is 6.92 Å². The van der Waals surface area contributed by atoms with Gasteiger partial charge in [0.2, 0.25) is 0 Å². The molecule has 0 radical (unpaired) electrons. The second kappa shape index (κ2) is 7.98. The Morgan fingerprint density at radius 1 is 1.25 bits per heavy atom. The number of anilines is 2. The van der Waals surface area contributed by atoms with Crippen LogP contribution >= 0.6 is 23.5 Å². The van der Waals surface area contributed by atoms with E-state index in [2.05, 4.69) is 58.0 Å². The SMILES string of the molecule is CCCc1nc(NC)c(C)c(NCC2CSCCS2)n1. The van der Waals surface area contributed by atoms with Crippen molar-refractivity contribution >= 4 is 35.2 Å². The highest BCUT2D eigenvalue weighted by atomic mass is 32.2. The molecular weight excluding hydrogens is 288 g/mol. The molecule has 112 valence electrons. The summed E-state index contributed by atoms with van der Waals surface area (Å²) in [6.07, 6.45) is 2.00. The second-order valence-corrected chi connectivity index (χ2v) is 7.47. The van der Waals surface area contributed by atoms with E-state index in [1.807, 2.05) is 7.05 Å². The Morgan fingerprint density at radius 2 is 2.05 bits per heavy atom. The standard InChI is InChI=1S/C14H24N4S2/c1-4-5-12-17-13(15-3)10(2)14(18-12)16-8-11-9-19-6-7-20-11/h11H,4-9H2,1-3H3,(H2,15,16,17,18). The summed E-state index contributed by atoms with van der Waals surface area (Å²) >= 11 is 4.13. The number of aryl methyl sites for hydroxylation is 1. The Hall–Kier alpha value is -0.620. The largest absolute Gasteiger partial charge is 0.373 e. The molecule has 6 heteroatoms. The minimum atomic E-state index is 0.691. The van der Waals surface area contributed by atoms with Gasteiger partial charge < -0.3 is 10.6 Å². The zero-order chi connectivity index (χ0) is 14.4. The summed E-state index contributed by atoms with van der Waals surface area (Å²) < 4.78 is 0. The lowest BCUT2D eigenvalue weighted by Crippen LogP contribution is -2.24. The third-order valence-corrected chi connectivity index (χ3v) is 6.13. The van der Waals surface area contributed by atoms with Crippen LogP contribution in [0, 0.1) is 6.92 Å². The smallest absolute Gasteiger partial charge is 0.134 e. The molecule has 0 saturated carbocycles. The number of hydrogen-bond donors (Lipinski definition) is 2. The number of aromatic nitrogens is 2. The van der Waals surface area contributed by atoms with Crippen LogP contribution in [0.4, 0.5) is 11.6 Å². The van der Waals surface area contributed by atoms with E-state index in [0.29, 0.717) is 5.25 Å². The van der Waals surface area contributed by atoms with Gasteiger partial charge in [-0.05, 0) is 13.3 Å². The van der Waals surface area contributed by atoms with Crippen molar-refractivity contribution in [1.29, 1.82) is 0 Å². The van der Waals surface area contributed by atoms with Crippen molar-refractivity contribution < 1.29 is 0 Å². The van der Waals surface area contributed by atoms with E-state index in [9.17, 15) is 0 Å². The molecule has 0 aromatic carbocycles. The van der Waals surface area contributed by atoms with Gasteiger partial charge in [0.1, 0.15) is 17.5 Å². The minimum absolute atomic E-state index is 0.691. The molecule has 1 aliphatic heterocycles. The van der Waals surface area contributed by atoms with Crippen LogP contribution in [0.2, 0.25) is 0 Å². The molecule has 2 heterocycles. The van der Waals surface area contributed by atoms with Crippen molar-refractivity contribution in [2.45, 2.75) is 31.9 Å². The van der Waals surface area contributed by atoms with E-state index in [1.54, 1.807) is 0 Å². The fourth-order valence-electron chi connectivity index (χ4n) is 2.18. The summed E-state index contributed by atoms with van der Waals surface area (Å²) in [6, 6.07) is 0. The highest BCUT2D eigenvalue weighted by molar-refractivity contribution is 8.06. The van der Waals surface area contributed by atoms with Gasteiger partial charge in [-0.3, -0.25) is 0 Å². The Labute approximate surface area is 130 Å². The zero-order valence-electron chi connectivity index (χ0n) is 12.5. The lowest BCUT2D eigenvalue weighted by Gasteiger charge is -2.22. The summed E-state index contributed by atoms with van der Waals surface area (Å²) in [5.74, 6) is 6.65. The lowest BCUT2D eigenvalue weighted by atomic mass is 10.2. The van der Waals surface area contributed by atoms with Crippen LogP contribution < -0.4 is 10.6 Å². The quantitative estimate of drug-likeness (QED) is 0.842. The predicted molar refractivity (Wildman–Crippen MR) is 92.4 cm³/mol. The minimum Gasteiger partial charge on any atom is -0.373 e. The highest BCUT2D eigenvalue weighted by Gasteiger charge is 2.16. The molecule has 0 spiro atoms.